The number of methoxy groups -OCH3 is 1. The molecule has 5 heteroatoms. The van der Waals surface area contributed by atoms with E-state index in [1.165, 1.54) is 7.11 Å². The molecule has 0 fully saturated rings. The summed E-state index contributed by atoms with van der Waals surface area (Å²) in [6.07, 6.45) is -4.35. The molecule has 1 N–H and O–H groups in total. The van der Waals surface area contributed by atoms with Crippen LogP contribution < -0.4 is 5.32 Å². The Hall–Kier alpha value is -1.07. The number of rotatable bonds is 5. The Morgan fingerprint density at radius 3 is 2.24 bits per heavy atom. The predicted molar refractivity (Wildman–Crippen MR) is 59.6 cm³/mol. The van der Waals surface area contributed by atoms with Gasteiger partial charge in [0, 0.05) is 13.7 Å². The summed E-state index contributed by atoms with van der Waals surface area (Å²) in [6.45, 7) is 0.836. The summed E-state index contributed by atoms with van der Waals surface area (Å²) in [5.74, 6) is 0. The van der Waals surface area contributed by atoms with E-state index in [0.29, 0.717) is 0 Å². The Morgan fingerprint density at radius 2 is 1.76 bits per heavy atom. The molecule has 0 saturated heterocycles. The van der Waals surface area contributed by atoms with Crippen molar-refractivity contribution >= 4 is 0 Å². The van der Waals surface area contributed by atoms with Gasteiger partial charge >= 0.3 is 6.18 Å². The first-order valence-corrected chi connectivity index (χ1v) is 5.24. The fourth-order valence-electron chi connectivity index (χ4n) is 1.41. The number of alkyl halides is 3. The third-order valence-electron chi connectivity index (χ3n) is 2.58. The largest absolute Gasteiger partial charge is 0.408 e. The summed E-state index contributed by atoms with van der Waals surface area (Å²) in [4.78, 5) is 0. The molecule has 0 amide bonds. The van der Waals surface area contributed by atoms with Crippen molar-refractivity contribution in [3.05, 3.63) is 35.9 Å². The van der Waals surface area contributed by atoms with Crippen LogP contribution in [-0.4, -0.2) is 25.4 Å². The Labute approximate surface area is 98.8 Å². The van der Waals surface area contributed by atoms with Crippen LogP contribution in [0.5, 0.6) is 0 Å². The van der Waals surface area contributed by atoms with Gasteiger partial charge in [0.2, 0.25) is 0 Å². The summed E-state index contributed by atoms with van der Waals surface area (Å²) in [5.41, 5.74) is -1.23. The second-order valence-corrected chi connectivity index (χ2v) is 4.10. The zero-order chi connectivity index (χ0) is 12.9. The van der Waals surface area contributed by atoms with Gasteiger partial charge in [-0.05, 0) is 12.5 Å². The van der Waals surface area contributed by atoms with Gasteiger partial charge in [0.05, 0.1) is 6.61 Å². The van der Waals surface area contributed by atoms with E-state index in [0.717, 1.165) is 12.5 Å². The molecular formula is C12H16F3NO. The van der Waals surface area contributed by atoms with Crippen LogP contribution in [0.4, 0.5) is 13.2 Å². The summed E-state index contributed by atoms with van der Waals surface area (Å²) < 4.78 is 43.2. The number of halogens is 3. The van der Waals surface area contributed by atoms with Crippen molar-refractivity contribution in [2.75, 3.05) is 13.7 Å². The Kier molecular flexibility index (Phi) is 4.54. The number of hydrogen-bond donors (Lipinski definition) is 1. The lowest BCUT2D eigenvalue weighted by atomic mass is 10.0. The van der Waals surface area contributed by atoms with Crippen LogP contribution in [0.2, 0.25) is 0 Å². The molecule has 2 nitrogen and oxygen atoms in total. The van der Waals surface area contributed by atoms with E-state index in [1.807, 2.05) is 6.07 Å². The molecule has 1 rings (SSSR count). The second kappa shape index (κ2) is 5.51. The minimum Gasteiger partial charge on any atom is -0.382 e. The summed E-state index contributed by atoms with van der Waals surface area (Å²) in [7, 11) is 1.26. The van der Waals surface area contributed by atoms with E-state index in [9.17, 15) is 13.2 Å². The van der Waals surface area contributed by atoms with E-state index < -0.39 is 18.3 Å². The number of hydrogen-bond acceptors (Lipinski definition) is 2. The zero-order valence-electron chi connectivity index (χ0n) is 9.84. The topological polar surface area (TPSA) is 21.3 Å². The summed E-state index contributed by atoms with van der Waals surface area (Å²) in [6, 6.07) is 8.95. The van der Waals surface area contributed by atoms with Crippen LogP contribution in [0.15, 0.2) is 30.3 Å². The molecule has 17 heavy (non-hydrogen) atoms. The first-order chi connectivity index (χ1) is 7.89. The van der Waals surface area contributed by atoms with E-state index in [-0.39, 0.29) is 6.54 Å². The number of nitrogens with one attached hydrogen (secondary N) is 1. The Balaban J connectivity index is 2.69. The molecule has 0 radical (unpaired) electrons. The molecule has 0 heterocycles. The van der Waals surface area contributed by atoms with Gasteiger partial charge in [0.15, 0.2) is 0 Å². The van der Waals surface area contributed by atoms with Crippen molar-refractivity contribution in [2.45, 2.75) is 25.2 Å². The maximum Gasteiger partial charge on any atom is 0.408 e. The van der Waals surface area contributed by atoms with Crippen molar-refractivity contribution in [3.8, 4) is 0 Å². The molecule has 0 aliphatic rings. The lowest BCUT2D eigenvalue weighted by Crippen LogP contribution is -2.57. The van der Waals surface area contributed by atoms with Gasteiger partial charge < -0.3 is 4.74 Å². The second-order valence-electron chi connectivity index (χ2n) is 4.10. The molecule has 96 valence electrons. The summed E-state index contributed by atoms with van der Waals surface area (Å²) >= 11 is 0. The van der Waals surface area contributed by atoms with Crippen molar-refractivity contribution in [1.29, 1.82) is 0 Å². The number of ether oxygens (including phenoxy) is 1. The Morgan fingerprint density at radius 1 is 1.18 bits per heavy atom. The summed E-state index contributed by atoms with van der Waals surface area (Å²) in [5, 5.41) is 2.50. The lowest BCUT2D eigenvalue weighted by Gasteiger charge is -2.32. The van der Waals surface area contributed by atoms with E-state index >= 15 is 0 Å². The van der Waals surface area contributed by atoms with E-state index in [2.05, 4.69) is 10.1 Å². The molecule has 0 aromatic heterocycles. The molecule has 0 saturated carbocycles. The van der Waals surface area contributed by atoms with Crippen LogP contribution in [0, 0.1) is 0 Å². The first kappa shape index (κ1) is 14.0. The zero-order valence-corrected chi connectivity index (χ0v) is 9.84. The fourth-order valence-corrected chi connectivity index (χ4v) is 1.41. The molecule has 1 unspecified atom stereocenters. The highest BCUT2D eigenvalue weighted by molar-refractivity contribution is 5.14. The Bertz CT molecular complexity index is 339. The molecular weight excluding hydrogens is 231 g/mol. The predicted octanol–water partition coefficient (Wildman–Crippen LogP) is 2.74. The smallest absolute Gasteiger partial charge is 0.382 e. The van der Waals surface area contributed by atoms with Crippen LogP contribution in [-0.2, 0) is 11.3 Å². The average molecular weight is 247 g/mol. The molecule has 1 aromatic rings. The van der Waals surface area contributed by atoms with Crippen molar-refractivity contribution in [3.63, 3.8) is 0 Å². The standard InChI is InChI=1S/C12H16F3NO/c1-11(9-17-2,12(13,14)15)16-8-10-6-4-3-5-7-10/h3-7,16H,8-9H2,1-2H3. The minimum atomic E-state index is -4.35. The monoisotopic (exact) mass is 247 g/mol. The highest BCUT2D eigenvalue weighted by Crippen LogP contribution is 2.30. The van der Waals surface area contributed by atoms with Gasteiger partial charge in [-0.1, -0.05) is 30.3 Å². The van der Waals surface area contributed by atoms with Gasteiger partial charge in [0.25, 0.3) is 0 Å². The van der Waals surface area contributed by atoms with Crippen molar-refractivity contribution in [2.24, 2.45) is 0 Å². The third kappa shape index (κ3) is 3.71. The lowest BCUT2D eigenvalue weighted by molar-refractivity contribution is -0.204. The average Bonchev–Trinajstić information content (AvgIpc) is 2.27. The third-order valence-corrected chi connectivity index (χ3v) is 2.58. The molecule has 0 bridgehead atoms. The van der Waals surface area contributed by atoms with Gasteiger partial charge in [-0.3, -0.25) is 5.32 Å². The van der Waals surface area contributed by atoms with Crippen LogP contribution in [0.25, 0.3) is 0 Å². The van der Waals surface area contributed by atoms with Gasteiger partial charge in [0.1, 0.15) is 5.54 Å². The number of benzene rings is 1. The quantitative estimate of drug-likeness (QED) is 0.863. The molecule has 1 aromatic carbocycles. The van der Waals surface area contributed by atoms with Gasteiger partial charge in [-0.25, -0.2) is 0 Å². The van der Waals surface area contributed by atoms with Crippen LogP contribution in [0.1, 0.15) is 12.5 Å². The van der Waals surface area contributed by atoms with Gasteiger partial charge in [-0.15, -0.1) is 0 Å². The maximum absolute atomic E-state index is 12.9. The van der Waals surface area contributed by atoms with E-state index in [1.54, 1.807) is 24.3 Å². The van der Waals surface area contributed by atoms with Crippen LogP contribution >= 0.6 is 0 Å². The molecule has 0 aliphatic heterocycles. The first-order valence-electron chi connectivity index (χ1n) is 5.24. The molecule has 0 aliphatic carbocycles. The molecule has 0 spiro atoms. The molecule has 1 atom stereocenters. The normalized spacial score (nSPS) is 15.6. The fraction of sp³-hybridized carbons (Fsp3) is 0.500. The SMILES string of the molecule is COCC(C)(NCc1ccccc1)C(F)(F)F. The van der Waals surface area contributed by atoms with E-state index in [4.69, 9.17) is 0 Å². The minimum absolute atomic E-state index is 0.153. The highest BCUT2D eigenvalue weighted by Gasteiger charge is 2.50. The van der Waals surface area contributed by atoms with Crippen LogP contribution in [0.3, 0.4) is 0 Å². The maximum atomic E-state index is 12.9. The van der Waals surface area contributed by atoms with Crippen molar-refractivity contribution < 1.29 is 17.9 Å². The highest BCUT2D eigenvalue weighted by atomic mass is 19.4. The van der Waals surface area contributed by atoms with Gasteiger partial charge in [-0.2, -0.15) is 13.2 Å². The van der Waals surface area contributed by atoms with Crippen molar-refractivity contribution in [1.82, 2.24) is 5.32 Å².